The van der Waals surface area contributed by atoms with Gasteiger partial charge in [0.15, 0.2) is 0 Å². The van der Waals surface area contributed by atoms with E-state index in [-0.39, 0.29) is 17.9 Å². The molecule has 0 saturated carbocycles. The molecule has 0 bridgehead atoms. The van der Waals surface area contributed by atoms with E-state index in [1.807, 2.05) is 37.7 Å². The molecule has 1 aromatic heterocycles. The summed E-state index contributed by atoms with van der Waals surface area (Å²) in [6, 6.07) is 3.96. The van der Waals surface area contributed by atoms with Gasteiger partial charge in [0, 0.05) is 36.1 Å². The van der Waals surface area contributed by atoms with Gasteiger partial charge in [0.05, 0.1) is 10.9 Å². The molecule has 2 heterocycles. The largest absolute Gasteiger partial charge is 0.490 e. The Labute approximate surface area is 131 Å². The van der Waals surface area contributed by atoms with Crippen molar-refractivity contribution in [1.29, 1.82) is 0 Å². The first kappa shape index (κ1) is 14.4. The molecule has 2 aromatic rings. The molecule has 1 saturated heterocycles. The Morgan fingerprint density at radius 3 is 2.95 bits per heavy atom. The van der Waals surface area contributed by atoms with Gasteiger partial charge in [0.25, 0.3) is 0 Å². The molecular weight excluding hydrogens is 334 g/mol. The molecule has 1 aromatic carbocycles. The van der Waals surface area contributed by atoms with Gasteiger partial charge in [0.2, 0.25) is 5.91 Å². The van der Waals surface area contributed by atoms with Crippen molar-refractivity contribution in [1.82, 2.24) is 15.1 Å². The average molecular weight is 352 g/mol. The molecule has 5 nitrogen and oxygen atoms in total. The third-order valence-corrected chi connectivity index (χ3v) is 4.59. The number of aromatic nitrogens is 2. The molecule has 1 unspecified atom stereocenters. The molecule has 1 amide bonds. The number of rotatable bonds is 3. The molecule has 21 heavy (non-hydrogen) atoms. The minimum Gasteiger partial charge on any atom is -0.490 e. The van der Waals surface area contributed by atoms with Crippen molar-refractivity contribution >= 4 is 32.7 Å². The van der Waals surface area contributed by atoms with Crippen LogP contribution >= 0.6 is 15.9 Å². The Balaban J connectivity index is 1.94. The van der Waals surface area contributed by atoms with E-state index < -0.39 is 0 Å². The second-order valence-corrected chi connectivity index (χ2v) is 6.51. The predicted octanol–water partition coefficient (Wildman–Crippen LogP) is 2.55. The van der Waals surface area contributed by atoms with Gasteiger partial charge >= 0.3 is 0 Å². The summed E-state index contributed by atoms with van der Waals surface area (Å²) in [5, 5.41) is 8.38. The lowest BCUT2D eigenvalue weighted by Crippen LogP contribution is -2.25. The number of fused-ring (bicyclic) bond motifs is 1. The zero-order chi connectivity index (χ0) is 15.1. The molecule has 6 heteroatoms. The highest BCUT2D eigenvalue weighted by molar-refractivity contribution is 9.10. The second-order valence-electron chi connectivity index (χ2n) is 5.60. The summed E-state index contributed by atoms with van der Waals surface area (Å²) in [5.74, 6) is 1.13. The Morgan fingerprint density at radius 1 is 1.52 bits per heavy atom. The molecule has 3 rings (SSSR count). The minimum atomic E-state index is -0.0268. The van der Waals surface area contributed by atoms with Gasteiger partial charge in [-0.05, 0) is 26.0 Å². The third-order valence-electron chi connectivity index (χ3n) is 4.14. The number of aryl methyl sites for hydroxylation is 2. The van der Waals surface area contributed by atoms with Crippen molar-refractivity contribution in [2.75, 3.05) is 6.54 Å². The van der Waals surface area contributed by atoms with Gasteiger partial charge in [-0.1, -0.05) is 15.9 Å². The van der Waals surface area contributed by atoms with Gasteiger partial charge in [-0.3, -0.25) is 9.48 Å². The number of halogens is 1. The lowest BCUT2D eigenvalue weighted by molar-refractivity contribution is -0.119. The van der Waals surface area contributed by atoms with Crippen LogP contribution in [0.3, 0.4) is 0 Å². The van der Waals surface area contributed by atoms with E-state index in [4.69, 9.17) is 4.74 Å². The maximum Gasteiger partial charge on any atom is 0.220 e. The highest BCUT2D eigenvalue weighted by Gasteiger charge is 2.28. The van der Waals surface area contributed by atoms with Crippen molar-refractivity contribution in [2.45, 2.75) is 26.4 Å². The van der Waals surface area contributed by atoms with Crippen LogP contribution in [-0.2, 0) is 11.8 Å². The van der Waals surface area contributed by atoms with E-state index in [1.54, 1.807) is 0 Å². The van der Waals surface area contributed by atoms with Crippen molar-refractivity contribution in [2.24, 2.45) is 13.0 Å². The number of benzene rings is 1. The zero-order valence-corrected chi connectivity index (χ0v) is 13.9. The number of ether oxygens (including phenoxy) is 1. The van der Waals surface area contributed by atoms with Crippen molar-refractivity contribution < 1.29 is 9.53 Å². The normalized spacial score (nSPS) is 19.8. The lowest BCUT2D eigenvalue weighted by atomic mass is 10.0. The van der Waals surface area contributed by atoms with E-state index in [0.717, 1.165) is 26.8 Å². The molecule has 112 valence electrons. The zero-order valence-electron chi connectivity index (χ0n) is 12.3. The standard InChI is InChI=1S/C15H18BrN3O2/c1-8-15-12(18-19(8)3)5-11(16)6-13(15)21-9(2)10-4-14(20)17-7-10/h5-6,9-10H,4,7H2,1-3H3,(H,17,20)/t9-,10?/m1/s1. The molecule has 0 spiro atoms. The summed E-state index contributed by atoms with van der Waals surface area (Å²) in [6.45, 7) is 4.73. The third kappa shape index (κ3) is 2.64. The average Bonchev–Trinajstić information content (AvgIpc) is 2.95. The molecule has 1 aliphatic heterocycles. The van der Waals surface area contributed by atoms with E-state index in [2.05, 4.69) is 26.3 Å². The summed E-state index contributed by atoms with van der Waals surface area (Å²) in [7, 11) is 1.93. The Morgan fingerprint density at radius 2 is 2.29 bits per heavy atom. The van der Waals surface area contributed by atoms with Crippen LogP contribution in [0, 0.1) is 12.8 Å². The van der Waals surface area contributed by atoms with Crippen LogP contribution in [0.25, 0.3) is 10.9 Å². The Bertz CT molecular complexity index is 710. The SMILES string of the molecule is Cc1c2c(O[C@H](C)C3CNC(=O)C3)cc(Br)cc2nn1C. The summed E-state index contributed by atoms with van der Waals surface area (Å²) in [5.41, 5.74) is 1.98. The number of nitrogens with zero attached hydrogens (tertiary/aromatic N) is 2. The maximum absolute atomic E-state index is 11.3. The fourth-order valence-electron chi connectivity index (χ4n) is 2.76. The van der Waals surface area contributed by atoms with Crippen LogP contribution in [-0.4, -0.2) is 28.3 Å². The van der Waals surface area contributed by atoms with Crippen molar-refractivity contribution in [3.05, 3.63) is 22.3 Å². The summed E-state index contributed by atoms with van der Waals surface area (Å²) in [4.78, 5) is 11.3. The quantitative estimate of drug-likeness (QED) is 0.924. The predicted molar refractivity (Wildman–Crippen MR) is 84.4 cm³/mol. The summed E-state index contributed by atoms with van der Waals surface area (Å²) < 4.78 is 8.96. The van der Waals surface area contributed by atoms with E-state index >= 15 is 0 Å². The first-order valence-electron chi connectivity index (χ1n) is 7.02. The fourth-order valence-corrected chi connectivity index (χ4v) is 3.18. The number of carbonyl (C=O) groups is 1. The Hall–Kier alpha value is -1.56. The van der Waals surface area contributed by atoms with Crippen LogP contribution in [0.15, 0.2) is 16.6 Å². The van der Waals surface area contributed by atoms with Crippen LogP contribution in [0.1, 0.15) is 19.0 Å². The number of amides is 1. The molecule has 1 aliphatic rings. The molecular formula is C15H18BrN3O2. The van der Waals surface area contributed by atoms with Gasteiger partial charge in [0.1, 0.15) is 11.9 Å². The van der Waals surface area contributed by atoms with Gasteiger partial charge in [-0.25, -0.2) is 0 Å². The lowest BCUT2D eigenvalue weighted by Gasteiger charge is -2.20. The maximum atomic E-state index is 11.3. The van der Waals surface area contributed by atoms with Crippen LogP contribution < -0.4 is 10.1 Å². The molecule has 0 radical (unpaired) electrons. The molecule has 2 atom stereocenters. The summed E-state index contributed by atoms with van der Waals surface area (Å²) in [6.07, 6.45) is 0.505. The first-order chi connectivity index (χ1) is 9.95. The monoisotopic (exact) mass is 351 g/mol. The molecule has 0 aliphatic carbocycles. The molecule has 1 N–H and O–H groups in total. The Kier molecular flexibility index (Phi) is 3.65. The van der Waals surface area contributed by atoms with Crippen molar-refractivity contribution in [3.63, 3.8) is 0 Å². The van der Waals surface area contributed by atoms with Crippen LogP contribution in [0.2, 0.25) is 0 Å². The number of nitrogens with one attached hydrogen (secondary N) is 1. The van der Waals surface area contributed by atoms with Gasteiger partial charge in [-0.15, -0.1) is 0 Å². The molecule has 1 fully saturated rings. The topological polar surface area (TPSA) is 56.1 Å². The number of hydrogen-bond acceptors (Lipinski definition) is 3. The summed E-state index contributed by atoms with van der Waals surface area (Å²) >= 11 is 3.50. The van der Waals surface area contributed by atoms with Crippen molar-refractivity contribution in [3.8, 4) is 5.75 Å². The smallest absolute Gasteiger partial charge is 0.220 e. The van der Waals surface area contributed by atoms with E-state index in [9.17, 15) is 4.79 Å². The van der Waals surface area contributed by atoms with Gasteiger partial charge in [-0.2, -0.15) is 5.10 Å². The minimum absolute atomic E-state index is 0.0268. The van der Waals surface area contributed by atoms with Crippen LogP contribution in [0.5, 0.6) is 5.75 Å². The van der Waals surface area contributed by atoms with E-state index in [0.29, 0.717) is 13.0 Å². The highest BCUT2D eigenvalue weighted by atomic mass is 79.9. The second kappa shape index (κ2) is 5.33. The number of carbonyl (C=O) groups excluding carboxylic acids is 1. The van der Waals surface area contributed by atoms with E-state index in [1.165, 1.54) is 0 Å². The fraction of sp³-hybridized carbons (Fsp3) is 0.467. The van der Waals surface area contributed by atoms with Gasteiger partial charge < -0.3 is 10.1 Å². The van der Waals surface area contributed by atoms with Crippen LogP contribution in [0.4, 0.5) is 0 Å². The number of hydrogen-bond donors (Lipinski definition) is 1. The first-order valence-corrected chi connectivity index (χ1v) is 7.81. The highest BCUT2D eigenvalue weighted by Crippen LogP contribution is 2.33.